The van der Waals surface area contributed by atoms with Gasteiger partial charge in [0.25, 0.3) is 0 Å². The first-order valence-corrected chi connectivity index (χ1v) is 6.41. The molecule has 0 radical (unpaired) electrons. The van der Waals surface area contributed by atoms with Gasteiger partial charge in [-0.25, -0.2) is 0 Å². The van der Waals surface area contributed by atoms with Crippen LogP contribution in [-0.2, 0) is 0 Å². The van der Waals surface area contributed by atoms with Gasteiger partial charge in [-0.15, -0.1) is 0 Å². The highest BCUT2D eigenvalue weighted by Gasteiger charge is 2.08. The maximum atomic E-state index is 5.72. The summed E-state index contributed by atoms with van der Waals surface area (Å²) in [6.45, 7) is 3.86. The predicted molar refractivity (Wildman–Crippen MR) is 79.1 cm³/mol. The Labute approximate surface area is 117 Å². The first-order valence-electron chi connectivity index (χ1n) is 6.41. The van der Waals surface area contributed by atoms with Crippen LogP contribution in [0.15, 0.2) is 47.0 Å². The number of benzene rings is 2. The minimum absolute atomic E-state index is 0.570. The summed E-state index contributed by atoms with van der Waals surface area (Å²) in [5, 5.41) is 3.94. The number of aryl methyl sites for hydroxylation is 2. The zero-order valence-electron chi connectivity index (χ0n) is 11.4. The number of nitrogen functional groups attached to an aromatic ring is 1. The van der Waals surface area contributed by atoms with Crippen molar-refractivity contribution in [3.63, 3.8) is 0 Å². The van der Waals surface area contributed by atoms with Gasteiger partial charge in [-0.1, -0.05) is 29.4 Å². The first-order chi connectivity index (χ1) is 9.63. The second-order valence-corrected chi connectivity index (χ2v) is 4.79. The number of nitrogens with zero attached hydrogens (tertiary/aromatic N) is 2. The highest BCUT2D eigenvalue weighted by molar-refractivity contribution is 5.72. The van der Waals surface area contributed by atoms with Crippen molar-refractivity contribution in [1.29, 1.82) is 0 Å². The van der Waals surface area contributed by atoms with Crippen molar-refractivity contribution in [3.05, 3.63) is 53.9 Å². The molecule has 0 aliphatic rings. The van der Waals surface area contributed by atoms with E-state index < -0.39 is 0 Å². The normalized spacial score (nSPS) is 10.7. The van der Waals surface area contributed by atoms with Gasteiger partial charge < -0.3 is 10.3 Å². The zero-order valence-corrected chi connectivity index (χ0v) is 11.4. The fourth-order valence-corrected chi connectivity index (χ4v) is 2.21. The summed E-state index contributed by atoms with van der Waals surface area (Å²) in [6.07, 6.45) is 0. The Balaban J connectivity index is 2.01. The summed E-state index contributed by atoms with van der Waals surface area (Å²) < 4.78 is 5.01. The van der Waals surface area contributed by atoms with E-state index in [4.69, 9.17) is 10.3 Å². The van der Waals surface area contributed by atoms with Gasteiger partial charge in [0.1, 0.15) is 0 Å². The van der Waals surface area contributed by atoms with E-state index in [2.05, 4.69) is 29.2 Å². The van der Waals surface area contributed by atoms with E-state index in [1.807, 2.05) is 30.3 Å². The minimum Gasteiger partial charge on any atom is -0.399 e. The van der Waals surface area contributed by atoms with Crippen molar-refractivity contribution in [2.24, 2.45) is 0 Å². The van der Waals surface area contributed by atoms with Crippen molar-refractivity contribution >= 4 is 5.69 Å². The second kappa shape index (κ2) is 4.81. The average Bonchev–Trinajstić information content (AvgIpc) is 2.87. The Hall–Kier alpha value is -2.62. The first kappa shape index (κ1) is 12.4. The molecule has 0 amide bonds. The van der Waals surface area contributed by atoms with Crippen LogP contribution in [0.5, 0.6) is 0 Å². The molecule has 100 valence electrons. The molecule has 2 aromatic carbocycles. The Kier molecular flexibility index (Phi) is 2.99. The molecule has 0 saturated heterocycles. The van der Waals surface area contributed by atoms with Crippen LogP contribution < -0.4 is 5.73 Å². The van der Waals surface area contributed by atoms with Crippen LogP contribution in [0, 0.1) is 13.8 Å². The van der Waals surface area contributed by atoms with Gasteiger partial charge in [0.2, 0.25) is 11.7 Å². The lowest BCUT2D eigenvalue weighted by Crippen LogP contribution is -1.88. The molecule has 0 aliphatic heterocycles. The van der Waals surface area contributed by atoms with Crippen LogP contribution in [0.2, 0.25) is 0 Å². The van der Waals surface area contributed by atoms with E-state index in [1.54, 1.807) is 6.92 Å². The highest BCUT2D eigenvalue weighted by atomic mass is 16.5. The molecule has 1 aromatic heterocycles. The van der Waals surface area contributed by atoms with Crippen LogP contribution in [0.4, 0.5) is 5.69 Å². The summed E-state index contributed by atoms with van der Waals surface area (Å²) in [7, 11) is 0. The van der Waals surface area contributed by atoms with Crippen molar-refractivity contribution in [3.8, 4) is 22.5 Å². The fourth-order valence-electron chi connectivity index (χ4n) is 2.21. The number of aromatic nitrogens is 2. The van der Waals surface area contributed by atoms with Gasteiger partial charge in [0.15, 0.2) is 0 Å². The van der Waals surface area contributed by atoms with E-state index in [-0.39, 0.29) is 0 Å². The van der Waals surface area contributed by atoms with E-state index in [0.29, 0.717) is 11.7 Å². The maximum Gasteiger partial charge on any atom is 0.223 e. The van der Waals surface area contributed by atoms with Gasteiger partial charge in [-0.2, -0.15) is 4.98 Å². The van der Waals surface area contributed by atoms with Gasteiger partial charge in [-0.05, 0) is 41.8 Å². The van der Waals surface area contributed by atoms with Crippen LogP contribution in [0.25, 0.3) is 22.5 Å². The quantitative estimate of drug-likeness (QED) is 0.719. The molecular formula is C16H15N3O. The molecule has 0 spiro atoms. The average molecular weight is 265 g/mol. The fraction of sp³-hybridized carbons (Fsp3) is 0.125. The standard InChI is InChI=1S/C16H15N3O/c1-10-9-13(16-18-11(2)20-19-16)5-8-15(10)12-3-6-14(17)7-4-12/h3-9H,17H2,1-2H3. The Morgan fingerprint density at radius 1 is 0.950 bits per heavy atom. The lowest BCUT2D eigenvalue weighted by molar-refractivity contribution is 0.394. The molecule has 3 aromatic rings. The SMILES string of the molecule is Cc1nc(-c2ccc(-c3ccc(N)cc3)c(C)c2)no1. The maximum absolute atomic E-state index is 5.72. The van der Waals surface area contributed by atoms with Crippen LogP contribution in [-0.4, -0.2) is 10.1 Å². The number of hydrogen-bond acceptors (Lipinski definition) is 4. The van der Waals surface area contributed by atoms with Crippen molar-refractivity contribution in [2.45, 2.75) is 13.8 Å². The summed E-state index contributed by atoms with van der Waals surface area (Å²) in [4.78, 5) is 4.24. The highest BCUT2D eigenvalue weighted by Crippen LogP contribution is 2.27. The monoisotopic (exact) mass is 265 g/mol. The van der Waals surface area contributed by atoms with E-state index in [0.717, 1.165) is 22.4 Å². The van der Waals surface area contributed by atoms with E-state index >= 15 is 0 Å². The van der Waals surface area contributed by atoms with Crippen LogP contribution in [0.1, 0.15) is 11.5 Å². The summed E-state index contributed by atoms with van der Waals surface area (Å²) in [5.41, 5.74) is 10.9. The van der Waals surface area contributed by atoms with Crippen LogP contribution in [0.3, 0.4) is 0 Å². The molecule has 0 aliphatic carbocycles. The second-order valence-electron chi connectivity index (χ2n) is 4.79. The Morgan fingerprint density at radius 3 is 2.25 bits per heavy atom. The van der Waals surface area contributed by atoms with E-state index in [9.17, 15) is 0 Å². The number of hydrogen-bond donors (Lipinski definition) is 1. The third-order valence-electron chi connectivity index (χ3n) is 3.23. The molecule has 4 heteroatoms. The lowest BCUT2D eigenvalue weighted by atomic mass is 9.98. The molecule has 0 atom stereocenters. The molecule has 4 nitrogen and oxygen atoms in total. The topological polar surface area (TPSA) is 64.9 Å². The molecule has 0 unspecified atom stereocenters. The minimum atomic E-state index is 0.570. The van der Waals surface area contributed by atoms with Crippen molar-refractivity contribution in [2.75, 3.05) is 5.73 Å². The van der Waals surface area contributed by atoms with Gasteiger partial charge >= 0.3 is 0 Å². The van der Waals surface area contributed by atoms with E-state index in [1.165, 1.54) is 5.56 Å². The molecule has 3 rings (SSSR count). The zero-order chi connectivity index (χ0) is 14.1. The summed E-state index contributed by atoms with van der Waals surface area (Å²) >= 11 is 0. The summed E-state index contributed by atoms with van der Waals surface area (Å²) in [5.74, 6) is 1.19. The molecule has 20 heavy (non-hydrogen) atoms. The van der Waals surface area contributed by atoms with Crippen molar-refractivity contribution < 1.29 is 4.52 Å². The molecule has 0 bridgehead atoms. The van der Waals surface area contributed by atoms with Gasteiger partial charge in [-0.3, -0.25) is 0 Å². The lowest BCUT2D eigenvalue weighted by Gasteiger charge is -2.07. The molecule has 2 N–H and O–H groups in total. The predicted octanol–water partition coefficient (Wildman–Crippen LogP) is 3.60. The van der Waals surface area contributed by atoms with Crippen molar-refractivity contribution in [1.82, 2.24) is 10.1 Å². The smallest absolute Gasteiger partial charge is 0.223 e. The number of anilines is 1. The Bertz CT molecular complexity index is 745. The molecule has 0 saturated carbocycles. The van der Waals surface area contributed by atoms with Gasteiger partial charge in [0, 0.05) is 18.2 Å². The molecule has 0 fully saturated rings. The van der Waals surface area contributed by atoms with Gasteiger partial charge in [0.05, 0.1) is 0 Å². The molecular weight excluding hydrogens is 250 g/mol. The molecule has 1 heterocycles. The Morgan fingerprint density at radius 2 is 1.65 bits per heavy atom. The number of nitrogens with two attached hydrogens (primary N) is 1. The number of rotatable bonds is 2. The largest absolute Gasteiger partial charge is 0.399 e. The van der Waals surface area contributed by atoms with Crippen LogP contribution >= 0.6 is 0 Å². The third-order valence-corrected chi connectivity index (χ3v) is 3.23. The summed E-state index contributed by atoms with van der Waals surface area (Å²) in [6, 6.07) is 14.0. The third kappa shape index (κ3) is 2.28.